The van der Waals surface area contributed by atoms with Gasteiger partial charge in [-0.05, 0) is 31.8 Å². The molecule has 0 spiro atoms. The van der Waals surface area contributed by atoms with Crippen LogP contribution in [0.2, 0.25) is 0 Å². The summed E-state index contributed by atoms with van der Waals surface area (Å²) in [5.41, 5.74) is 0.769. The zero-order valence-electron chi connectivity index (χ0n) is 15.8. The lowest BCUT2D eigenvalue weighted by Gasteiger charge is -2.15. The minimum absolute atomic E-state index is 0.0257. The third-order valence-electron chi connectivity index (χ3n) is 3.94. The number of nitrogens with zero attached hydrogens (tertiary/aromatic N) is 6. The number of nitriles is 1. The van der Waals surface area contributed by atoms with Crippen LogP contribution in [0.3, 0.4) is 0 Å². The van der Waals surface area contributed by atoms with E-state index in [-0.39, 0.29) is 39.9 Å². The minimum atomic E-state index is -0.578. The van der Waals surface area contributed by atoms with Crippen molar-refractivity contribution in [3.05, 3.63) is 76.4 Å². The number of allylic oxidation sites excluding steroid dienone is 1. The summed E-state index contributed by atoms with van der Waals surface area (Å²) in [7, 11) is 0. The lowest BCUT2D eigenvalue weighted by atomic mass is 10.0. The molecule has 10 heteroatoms. The SMILES string of the molecule is C=Nc1cc(Oc2ccncc2)c([N+](=O)[O-])cc1/C(Nc1ncccn1)=C(\C)C#N. The Morgan fingerprint density at radius 2 is 1.97 bits per heavy atom. The number of ether oxygens (including phenoxy) is 1. The first-order valence-corrected chi connectivity index (χ1v) is 8.56. The summed E-state index contributed by atoms with van der Waals surface area (Å²) in [6.45, 7) is 5.10. The lowest BCUT2D eigenvalue weighted by molar-refractivity contribution is -0.385. The number of aromatic nitrogens is 3. The Morgan fingerprint density at radius 3 is 2.57 bits per heavy atom. The van der Waals surface area contributed by atoms with Crippen LogP contribution in [-0.4, -0.2) is 26.6 Å². The van der Waals surface area contributed by atoms with Crippen molar-refractivity contribution in [1.82, 2.24) is 15.0 Å². The highest BCUT2D eigenvalue weighted by Gasteiger charge is 2.23. The molecule has 0 aliphatic rings. The molecule has 2 heterocycles. The van der Waals surface area contributed by atoms with Crippen LogP contribution in [0.1, 0.15) is 12.5 Å². The molecule has 0 bridgehead atoms. The van der Waals surface area contributed by atoms with Crippen molar-refractivity contribution in [2.45, 2.75) is 6.92 Å². The van der Waals surface area contributed by atoms with E-state index < -0.39 is 4.92 Å². The minimum Gasteiger partial charge on any atom is -0.450 e. The van der Waals surface area contributed by atoms with Gasteiger partial charge < -0.3 is 10.1 Å². The van der Waals surface area contributed by atoms with Gasteiger partial charge in [-0.15, -0.1) is 0 Å². The molecule has 3 aromatic rings. The molecular weight excluding hydrogens is 386 g/mol. The number of hydrogen-bond donors (Lipinski definition) is 1. The van der Waals surface area contributed by atoms with Crippen LogP contribution in [0.15, 0.2) is 65.7 Å². The quantitative estimate of drug-likeness (QED) is 0.268. The average molecular weight is 401 g/mol. The van der Waals surface area contributed by atoms with Gasteiger partial charge in [0.1, 0.15) is 5.75 Å². The van der Waals surface area contributed by atoms with E-state index in [1.54, 1.807) is 25.1 Å². The summed E-state index contributed by atoms with van der Waals surface area (Å²) in [4.78, 5) is 27.1. The summed E-state index contributed by atoms with van der Waals surface area (Å²) in [6.07, 6.45) is 6.05. The van der Waals surface area contributed by atoms with E-state index in [0.717, 1.165) is 0 Å². The second-order valence-electron chi connectivity index (χ2n) is 5.85. The van der Waals surface area contributed by atoms with E-state index >= 15 is 0 Å². The van der Waals surface area contributed by atoms with Crippen LogP contribution in [0.25, 0.3) is 5.70 Å². The summed E-state index contributed by atoms with van der Waals surface area (Å²) < 4.78 is 5.66. The third-order valence-corrected chi connectivity index (χ3v) is 3.94. The first kappa shape index (κ1) is 20.1. The number of anilines is 1. The molecule has 0 saturated carbocycles. The number of nitro benzene ring substituents is 1. The lowest BCUT2D eigenvalue weighted by Crippen LogP contribution is -2.06. The van der Waals surface area contributed by atoms with E-state index in [1.165, 1.54) is 36.9 Å². The molecule has 3 rings (SSSR count). The molecule has 0 saturated heterocycles. The van der Waals surface area contributed by atoms with E-state index in [1.807, 2.05) is 6.07 Å². The monoisotopic (exact) mass is 401 g/mol. The number of benzene rings is 1. The highest BCUT2D eigenvalue weighted by atomic mass is 16.6. The molecule has 0 fully saturated rings. The van der Waals surface area contributed by atoms with Gasteiger partial charge in [0.25, 0.3) is 0 Å². The van der Waals surface area contributed by atoms with Crippen LogP contribution < -0.4 is 10.1 Å². The van der Waals surface area contributed by atoms with Crippen LogP contribution in [0.4, 0.5) is 17.3 Å². The number of nitrogens with one attached hydrogen (secondary N) is 1. The largest absolute Gasteiger partial charge is 0.450 e. The molecule has 0 aliphatic carbocycles. The van der Waals surface area contributed by atoms with Crippen molar-refractivity contribution >= 4 is 29.7 Å². The highest BCUT2D eigenvalue weighted by Crippen LogP contribution is 2.40. The summed E-state index contributed by atoms with van der Waals surface area (Å²) in [5.74, 6) is 0.565. The van der Waals surface area contributed by atoms with Gasteiger partial charge in [-0.25, -0.2) is 9.97 Å². The fourth-order valence-electron chi connectivity index (χ4n) is 2.54. The van der Waals surface area contributed by atoms with Gasteiger partial charge in [0.2, 0.25) is 11.7 Å². The number of pyridine rings is 1. The van der Waals surface area contributed by atoms with Crippen molar-refractivity contribution in [2.24, 2.45) is 4.99 Å². The van der Waals surface area contributed by atoms with Gasteiger partial charge in [0.05, 0.1) is 28.0 Å². The Kier molecular flexibility index (Phi) is 6.05. The van der Waals surface area contributed by atoms with E-state index in [0.29, 0.717) is 5.75 Å². The smallest absolute Gasteiger partial charge is 0.312 e. The average Bonchev–Trinajstić information content (AvgIpc) is 2.78. The van der Waals surface area contributed by atoms with Crippen molar-refractivity contribution < 1.29 is 9.66 Å². The Hall–Kier alpha value is -4.65. The highest BCUT2D eigenvalue weighted by molar-refractivity contribution is 5.87. The van der Waals surface area contributed by atoms with Gasteiger partial charge in [-0.2, -0.15) is 5.26 Å². The fourth-order valence-corrected chi connectivity index (χ4v) is 2.54. The maximum absolute atomic E-state index is 11.7. The van der Waals surface area contributed by atoms with Gasteiger partial charge in [0.15, 0.2) is 0 Å². The number of aliphatic imine (C=N–C) groups is 1. The Bertz CT molecular complexity index is 1160. The number of rotatable bonds is 7. The summed E-state index contributed by atoms with van der Waals surface area (Å²) in [5, 5.41) is 24.1. The standard InChI is InChI=1S/C20H15N7O3/c1-13(12-21)19(26-20-24-6-3-7-25-20)15-10-17(27(28)29)18(11-16(15)22-2)30-14-4-8-23-9-5-14/h3-11H,2H2,1H3,(H,24,25,26)/b19-13-. The molecule has 1 aromatic carbocycles. The topological polar surface area (TPSA) is 139 Å². The van der Waals surface area contributed by atoms with Crippen molar-refractivity contribution in [3.63, 3.8) is 0 Å². The van der Waals surface area contributed by atoms with Crippen LogP contribution >= 0.6 is 0 Å². The Balaban J connectivity index is 2.15. The molecule has 0 radical (unpaired) electrons. The van der Waals surface area contributed by atoms with Gasteiger partial charge in [-0.3, -0.25) is 20.1 Å². The van der Waals surface area contributed by atoms with Gasteiger partial charge >= 0.3 is 5.69 Å². The first-order chi connectivity index (χ1) is 14.5. The third kappa shape index (κ3) is 4.42. The summed E-state index contributed by atoms with van der Waals surface area (Å²) in [6, 6.07) is 9.46. The predicted molar refractivity (Wildman–Crippen MR) is 110 cm³/mol. The number of hydrogen-bond acceptors (Lipinski definition) is 9. The molecule has 2 aromatic heterocycles. The van der Waals surface area contributed by atoms with E-state index in [9.17, 15) is 15.4 Å². The molecule has 148 valence electrons. The zero-order chi connectivity index (χ0) is 21.5. The second-order valence-corrected chi connectivity index (χ2v) is 5.85. The van der Waals surface area contributed by atoms with Gasteiger partial charge in [-0.1, -0.05) is 0 Å². The maximum Gasteiger partial charge on any atom is 0.312 e. The Labute approximate surface area is 171 Å². The maximum atomic E-state index is 11.7. The second kappa shape index (κ2) is 9.03. The van der Waals surface area contributed by atoms with Gasteiger partial charge in [0, 0.05) is 42.5 Å². The van der Waals surface area contributed by atoms with E-state index in [2.05, 4.69) is 32.0 Å². The molecule has 10 nitrogen and oxygen atoms in total. The molecule has 0 aliphatic heterocycles. The summed E-state index contributed by atoms with van der Waals surface area (Å²) >= 11 is 0. The molecule has 0 atom stereocenters. The molecule has 0 amide bonds. The molecule has 30 heavy (non-hydrogen) atoms. The van der Waals surface area contributed by atoms with E-state index in [4.69, 9.17) is 4.74 Å². The molecular formula is C20H15N7O3. The number of nitro groups is 1. The van der Waals surface area contributed by atoms with Crippen LogP contribution in [0, 0.1) is 21.4 Å². The first-order valence-electron chi connectivity index (χ1n) is 8.56. The van der Waals surface area contributed by atoms with Crippen molar-refractivity contribution in [1.29, 1.82) is 5.26 Å². The van der Waals surface area contributed by atoms with Crippen LogP contribution in [0.5, 0.6) is 11.5 Å². The van der Waals surface area contributed by atoms with Crippen molar-refractivity contribution in [3.8, 4) is 17.6 Å². The van der Waals surface area contributed by atoms with Crippen molar-refractivity contribution in [2.75, 3.05) is 5.32 Å². The Morgan fingerprint density at radius 1 is 1.27 bits per heavy atom. The fraction of sp³-hybridized carbons (Fsp3) is 0.0500. The normalized spacial score (nSPS) is 11.1. The molecule has 0 unspecified atom stereocenters. The van der Waals surface area contributed by atoms with Crippen LogP contribution in [-0.2, 0) is 0 Å². The predicted octanol–water partition coefficient (Wildman–Crippen LogP) is 4.27. The zero-order valence-corrected chi connectivity index (χ0v) is 15.8. The molecule has 1 N–H and O–H groups in total.